The maximum absolute atomic E-state index is 12.8. The first-order valence-corrected chi connectivity index (χ1v) is 4.63. The van der Waals surface area contributed by atoms with Crippen molar-refractivity contribution in [1.29, 1.82) is 0 Å². The molecule has 102 valence electrons. The van der Waals surface area contributed by atoms with Crippen LogP contribution in [0.15, 0.2) is 0 Å². The zero-order valence-corrected chi connectivity index (χ0v) is 9.37. The molecule has 0 N–H and O–H groups in total. The van der Waals surface area contributed by atoms with Gasteiger partial charge in [0.2, 0.25) is 0 Å². The van der Waals surface area contributed by atoms with Gasteiger partial charge in [-0.15, -0.1) is 4.90 Å². The molecule has 0 radical (unpaired) electrons. The lowest BCUT2D eigenvalue weighted by molar-refractivity contribution is -0.303. The SMILES string of the molecule is FC1(F)N(C(Cl)(Cl)Cl)C(F)(F)C(F)(F)C1(F)F. The Morgan fingerprint density at radius 1 is 0.647 bits per heavy atom. The molecule has 1 heterocycles. The van der Waals surface area contributed by atoms with Crippen LogP contribution in [0.2, 0.25) is 0 Å². The molecular formula is C5Cl3F8N. The minimum Gasteiger partial charge on any atom is -0.191 e. The van der Waals surface area contributed by atoms with Gasteiger partial charge in [-0.1, -0.05) is 34.8 Å². The number of likely N-dealkylation sites (tertiary alicyclic amines) is 1. The Balaban J connectivity index is 3.54. The molecule has 12 heteroatoms. The van der Waals surface area contributed by atoms with Crippen molar-refractivity contribution in [3.8, 4) is 0 Å². The van der Waals surface area contributed by atoms with E-state index in [4.69, 9.17) is 0 Å². The van der Waals surface area contributed by atoms with Gasteiger partial charge < -0.3 is 0 Å². The number of nitrogens with zero attached hydrogens (tertiary/aromatic N) is 1. The van der Waals surface area contributed by atoms with E-state index >= 15 is 0 Å². The first-order chi connectivity index (χ1) is 7.12. The number of alkyl halides is 11. The first-order valence-electron chi connectivity index (χ1n) is 3.50. The summed E-state index contributed by atoms with van der Waals surface area (Å²) in [5.74, 6) is -12.8. The van der Waals surface area contributed by atoms with Crippen LogP contribution in [-0.2, 0) is 0 Å². The average molecular weight is 332 g/mol. The van der Waals surface area contributed by atoms with Crippen LogP contribution in [0.4, 0.5) is 35.1 Å². The predicted octanol–water partition coefficient (Wildman–Crippen LogP) is 4.09. The third kappa shape index (κ3) is 1.62. The highest BCUT2D eigenvalue weighted by Gasteiger charge is 2.95. The van der Waals surface area contributed by atoms with Crippen molar-refractivity contribution in [3.05, 3.63) is 0 Å². The molecule has 0 spiro atoms. The Hall–Kier alpha value is 0.270. The fourth-order valence-corrected chi connectivity index (χ4v) is 1.79. The number of hydrogen-bond acceptors (Lipinski definition) is 1. The molecular weight excluding hydrogens is 332 g/mol. The molecule has 0 saturated carbocycles. The zero-order chi connectivity index (χ0) is 14.1. The van der Waals surface area contributed by atoms with E-state index in [0.29, 0.717) is 0 Å². The summed E-state index contributed by atoms with van der Waals surface area (Å²) in [4.78, 5) is -2.14. The Labute approximate surface area is 103 Å². The third-order valence-electron chi connectivity index (χ3n) is 1.97. The summed E-state index contributed by atoms with van der Waals surface area (Å²) in [6, 6.07) is -12.1. The van der Waals surface area contributed by atoms with Crippen LogP contribution < -0.4 is 0 Å². The standard InChI is InChI=1S/C5Cl3F8N/c6-5(7,8)17-3(13,14)1(9,10)2(11,12)4(17,15)16. The number of halogens is 11. The molecule has 0 amide bonds. The van der Waals surface area contributed by atoms with Crippen molar-refractivity contribution in [3.63, 3.8) is 0 Å². The summed E-state index contributed by atoms with van der Waals surface area (Å²) in [6.45, 7) is 0. The summed E-state index contributed by atoms with van der Waals surface area (Å²) < 4.78 is 97.8. The quantitative estimate of drug-likeness (QED) is 0.367. The third-order valence-corrected chi connectivity index (χ3v) is 2.47. The Morgan fingerprint density at radius 2 is 0.882 bits per heavy atom. The number of rotatable bonds is 0. The summed E-state index contributed by atoms with van der Waals surface area (Å²) in [5, 5.41) is 0. The second kappa shape index (κ2) is 3.43. The molecule has 0 bridgehead atoms. The van der Waals surface area contributed by atoms with Crippen molar-refractivity contribution in [2.45, 2.75) is 27.9 Å². The molecule has 0 aromatic carbocycles. The molecule has 0 aromatic rings. The normalized spacial score (nSPS) is 30.5. The van der Waals surface area contributed by atoms with Crippen LogP contribution in [-0.4, -0.2) is 32.8 Å². The number of hydrogen-bond donors (Lipinski definition) is 0. The molecule has 0 atom stereocenters. The van der Waals surface area contributed by atoms with Crippen LogP contribution in [0, 0.1) is 0 Å². The van der Waals surface area contributed by atoms with Crippen LogP contribution in [0.1, 0.15) is 0 Å². The molecule has 1 aliphatic rings. The second-order valence-electron chi connectivity index (χ2n) is 3.03. The lowest BCUT2D eigenvalue weighted by Crippen LogP contribution is -2.55. The zero-order valence-electron chi connectivity index (χ0n) is 7.10. The highest BCUT2D eigenvalue weighted by Crippen LogP contribution is 2.66. The van der Waals surface area contributed by atoms with Gasteiger partial charge in [-0.2, -0.15) is 35.1 Å². The molecule has 1 saturated heterocycles. The molecule has 1 aliphatic heterocycles. The lowest BCUT2D eigenvalue weighted by Gasteiger charge is -2.33. The fourth-order valence-electron chi connectivity index (χ4n) is 1.15. The van der Waals surface area contributed by atoms with Crippen LogP contribution in [0.3, 0.4) is 0 Å². The molecule has 0 aliphatic carbocycles. The van der Waals surface area contributed by atoms with Gasteiger partial charge in [0.15, 0.2) is 0 Å². The monoisotopic (exact) mass is 331 g/mol. The average Bonchev–Trinajstić information content (AvgIpc) is 2.03. The predicted molar refractivity (Wildman–Crippen MR) is 41.9 cm³/mol. The minimum atomic E-state index is -6.40. The van der Waals surface area contributed by atoms with E-state index in [1.807, 2.05) is 0 Å². The Bertz CT molecular complexity index is 311. The highest BCUT2D eigenvalue weighted by atomic mass is 35.6. The van der Waals surface area contributed by atoms with Gasteiger partial charge in [-0.05, 0) is 0 Å². The van der Waals surface area contributed by atoms with E-state index in [2.05, 4.69) is 34.8 Å². The Kier molecular flexibility index (Phi) is 3.09. The fraction of sp³-hybridized carbons (Fsp3) is 1.00. The second-order valence-corrected chi connectivity index (χ2v) is 5.26. The van der Waals surface area contributed by atoms with Crippen molar-refractivity contribution in [2.24, 2.45) is 0 Å². The largest absolute Gasteiger partial charge is 0.394 e. The molecule has 1 fully saturated rings. The maximum atomic E-state index is 12.8. The summed E-state index contributed by atoms with van der Waals surface area (Å²) >= 11 is 13.8. The lowest BCUT2D eigenvalue weighted by atomic mass is 10.2. The maximum Gasteiger partial charge on any atom is 0.394 e. The van der Waals surface area contributed by atoms with Gasteiger partial charge >= 0.3 is 23.9 Å². The van der Waals surface area contributed by atoms with E-state index in [1.165, 1.54) is 0 Å². The Morgan fingerprint density at radius 3 is 1.00 bits per heavy atom. The molecule has 1 rings (SSSR count). The van der Waals surface area contributed by atoms with E-state index < -0.39 is 32.8 Å². The minimum absolute atomic E-state index is 2.14. The summed E-state index contributed by atoms with van der Waals surface area (Å²) in [6.07, 6.45) is 0. The smallest absolute Gasteiger partial charge is 0.191 e. The topological polar surface area (TPSA) is 3.24 Å². The van der Waals surface area contributed by atoms with Crippen molar-refractivity contribution < 1.29 is 35.1 Å². The van der Waals surface area contributed by atoms with Crippen LogP contribution >= 0.6 is 34.8 Å². The summed E-state index contributed by atoms with van der Waals surface area (Å²) in [5.41, 5.74) is 0. The van der Waals surface area contributed by atoms with Gasteiger partial charge in [0.25, 0.3) is 3.92 Å². The van der Waals surface area contributed by atoms with Gasteiger partial charge in [0.1, 0.15) is 0 Å². The van der Waals surface area contributed by atoms with Gasteiger partial charge in [-0.25, -0.2) is 0 Å². The van der Waals surface area contributed by atoms with Gasteiger partial charge in [-0.3, -0.25) is 0 Å². The van der Waals surface area contributed by atoms with Crippen LogP contribution in [0.5, 0.6) is 0 Å². The van der Waals surface area contributed by atoms with E-state index in [0.717, 1.165) is 0 Å². The molecule has 17 heavy (non-hydrogen) atoms. The van der Waals surface area contributed by atoms with E-state index in [9.17, 15) is 35.1 Å². The van der Waals surface area contributed by atoms with Crippen molar-refractivity contribution in [1.82, 2.24) is 4.90 Å². The van der Waals surface area contributed by atoms with E-state index in [-0.39, 0.29) is 0 Å². The summed E-state index contributed by atoms with van der Waals surface area (Å²) in [7, 11) is 0. The highest BCUT2D eigenvalue weighted by molar-refractivity contribution is 6.67. The van der Waals surface area contributed by atoms with Gasteiger partial charge in [0, 0.05) is 0 Å². The van der Waals surface area contributed by atoms with E-state index in [1.54, 1.807) is 0 Å². The first kappa shape index (κ1) is 15.3. The molecule has 0 unspecified atom stereocenters. The van der Waals surface area contributed by atoms with Crippen molar-refractivity contribution in [2.75, 3.05) is 0 Å². The molecule has 1 nitrogen and oxygen atoms in total. The molecule has 0 aromatic heterocycles. The van der Waals surface area contributed by atoms with Crippen LogP contribution in [0.25, 0.3) is 0 Å². The van der Waals surface area contributed by atoms with Crippen molar-refractivity contribution >= 4 is 34.8 Å². The van der Waals surface area contributed by atoms with Gasteiger partial charge in [0.05, 0.1) is 0 Å².